The van der Waals surface area contributed by atoms with Gasteiger partial charge in [0.15, 0.2) is 0 Å². The van der Waals surface area contributed by atoms with E-state index in [9.17, 15) is 5.48 Å². The molecule has 0 saturated carbocycles. The summed E-state index contributed by atoms with van der Waals surface area (Å²) in [5.41, 5.74) is 10.8. The first-order chi connectivity index (χ1) is 29.8. The van der Waals surface area contributed by atoms with Gasteiger partial charge in [0.25, 0.3) is 0 Å². The molecule has 11 rings (SSSR count). The normalized spacial score (nSPS) is 15.5. The van der Waals surface area contributed by atoms with Gasteiger partial charge >= 0.3 is 0 Å². The third-order valence-corrected chi connectivity index (χ3v) is 13.0. The zero-order valence-electron chi connectivity index (χ0n) is 35.4. The molecule has 10 aromatic rings. The topological polar surface area (TPSA) is 3.24 Å². The monoisotopic (exact) mass is 749 g/mol. The van der Waals surface area contributed by atoms with E-state index < -0.39 is 5.41 Å². The zero-order valence-corrected chi connectivity index (χ0v) is 32.2. The molecule has 1 unspecified atom stereocenters. The van der Waals surface area contributed by atoms with Crippen LogP contribution in [-0.2, 0) is 12.0 Å². The molecule has 270 valence electrons. The Hall–Kier alpha value is -6.74. The van der Waals surface area contributed by atoms with Crippen molar-refractivity contribution in [1.82, 2.24) is 0 Å². The number of fused-ring (bicyclic) bond motifs is 7. The summed E-state index contributed by atoms with van der Waals surface area (Å²) in [4.78, 5) is 1.99. The SMILES string of the molecule is [2H]c1c([2H])c(N(Cc2ccc3c(c2)C(C)(c2ccccc2)c2ccccc2-3)c2cccc(-c3ccc4sc5ccccc5c4c3)c2)c([2H])c([2H])c1-c1cccc2ccccc12. The second-order valence-electron chi connectivity index (χ2n) is 15.1. The summed E-state index contributed by atoms with van der Waals surface area (Å²) in [5, 5.41) is 4.32. The molecule has 0 amide bonds. The fourth-order valence-electron chi connectivity index (χ4n) is 8.98. The van der Waals surface area contributed by atoms with Crippen LogP contribution in [0.1, 0.15) is 34.7 Å². The van der Waals surface area contributed by atoms with Gasteiger partial charge in [0, 0.05) is 43.5 Å². The quantitative estimate of drug-likeness (QED) is 0.157. The van der Waals surface area contributed by atoms with Crippen LogP contribution < -0.4 is 4.90 Å². The molecule has 1 aliphatic rings. The Labute approximate surface area is 343 Å². The number of thiophene rings is 1. The lowest BCUT2D eigenvalue weighted by molar-refractivity contribution is 0.712. The van der Waals surface area contributed by atoms with Gasteiger partial charge < -0.3 is 4.90 Å². The summed E-state index contributed by atoms with van der Waals surface area (Å²) in [6, 6.07) is 62.8. The minimum absolute atomic E-state index is 0.0654. The lowest BCUT2D eigenvalue weighted by Crippen LogP contribution is -2.23. The molecule has 2 heteroatoms. The third-order valence-electron chi connectivity index (χ3n) is 11.9. The Balaban J connectivity index is 1.09. The number of hydrogen-bond donors (Lipinski definition) is 0. The van der Waals surface area contributed by atoms with E-state index in [-0.39, 0.29) is 29.9 Å². The first-order valence-electron chi connectivity index (χ1n) is 21.5. The van der Waals surface area contributed by atoms with Crippen LogP contribution >= 0.6 is 11.3 Å². The second kappa shape index (κ2) is 13.5. The van der Waals surface area contributed by atoms with Crippen LogP contribution in [0.25, 0.3) is 64.3 Å². The molecule has 0 fully saturated rings. The van der Waals surface area contributed by atoms with Gasteiger partial charge in [-0.2, -0.15) is 0 Å². The van der Waals surface area contributed by atoms with Gasteiger partial charge in [-0.1, -0.05) is 164 Å². The third kappa shape index (κ3) is 5.59. The molecule has 1 aromatic heterocycles. The van der Waals surface area contributed by atoms with E-state index in [2.05, 4.69) is 134 Å². The number of rotatable bonds is 7. The highest BCUT2D eigenvalue weighted by molar-refractivity contribution is 7.25. The standard InChI is InChI=1S/C55H39NS/c1-55(42-16-3-2-4-17-42)51-23-9-7-20-47(51)48-31-25-37(33-52(48)55)36-56(43-29-26-39(27-30-43)46-22-12-14-38-13-5-6-19-45(38)46)44-18-11-15-40(34-44)41-28-32-54-50(35-41)49-21-8-10-24-53(49)57-54/h2-35H,36H2,1H3/i26D,27D,29D,30D. The molecule has 0 spiro atoms. The largest absolute Gasteiger partial charge is 0.337 e. The number of nitrogens with zero attached hydrogens (tertiary/aromatic N) is 1. The van der Waals surface area contributed by atoms with Crippen LogP contribution in [0.5, 0.6) is 0 Å². The van der Waals surface area contributed by atoms with Gasteiger partial charge in [-0.3, -0.25) is 0 Å². The molecule has 0 saturated heterocycles. The Morgan fingerprint density at radius 2 is 1.16 bits per heavy atom. The maximum atomic E-state index is 9.70. The van der Waals surface area contributed by atoms with Crippen molar-refractivity contribution in [3.8, 4) is 33.4 Å². The van der Waals surface area contributed by atoms with E-state index >= 15 is 0 Å². The predicted molar refractivity (Wildman–Crippen MR) is 244 cm³/mol. The van der Waals surface area contributed by atoms with Crippen LogP contribution in [0.3, 0.4) is 0 Å². The van der Waals surface area contributed by atoms with Gasteiger partial charge in [0.2, 0.25) is 0 Å². The molecule has 1 atom stereocenters. The van der Waals surface area contributed by atoms with E-state index in [0.29, 0.717) is 17.7 Å². The Bertz CT molecular complexity index is 3340. The van der Waals surface area contributed by atoms with Crippen molar-refractivity contribution >= 4 is 53.7 Å². The van der Waals surface area contributed by atoms with Gasteiger partial charge in [0.05, 0.1) is 5.48 Å². The fourth-order valence-corrected chi connectivity index (χ4v) is 10.1. The first-order valence-corrected chi connectivity index (χ1v) is 20.3. The molecule has 1 heterocycles. The van der Waals surface area contributed by atoms with Crippen LogP contribution in [0.2, 0.25) is 0 Å². The van der Waals surface area contributed by atoms with Crippen LogP contribution in [-0.4, -0.2) is 0 Å². The van der Waals surface area contributed by atoms with Crippen molar-refractivity contribution < 1.29 is 5.48 Å². The van der Waals surface area contributed by atoms with Crippen molar-refractivity contribution in [1.29, 1.82) is 0 Å². The molecule has 57 heavy (non-hydrogen) atoms. The highest BCUT2D eigenvalue weighted by Gasteiger charge is 2.40. The van der Waals surface area contributed by atoms with Gasteiger partial charge in [-0.25, -0.2) is 0 Å². The molecule has 0 N–H and O–H groups in total. The summed E-state index contributed by atoms with van der Waals surface area (Å²) in [6.07, 6.45) is 0. The first kappa shape index (κ1) is 29.5. The average molecular weight is 750 g/mol. The highest BCUT2D eigenvalue weighted by Crippen LogP contribution is 2.52. The van der Waals surface area contributed by atoms with Gasteiger partial charge in [-0.05, 0) is 116 Å². The summed E-state index contributed by atoms with van der Waals surface area (Å²) in [7, 11) is 0. The molecular weight excluding hydrogens is 707 g/mol. The van der Waals surface area contributed by atoms with Crippen molar-refractivity contribution in [2.75, 3.05) is 4.90 Å². The average Bonchev–Trinajstić information content (AvgIpc) is 3.81. The van der Waals surface area contributed by atoms with Crippen molar-refractivity contribution in [3.63, 3.8) is 0 Å². The van der Waals surface area contributed by atoms with Crippen LogP contribution in [0, 0.1) is 0 Å². The number of hydrogen-bond acceptors (Lipinski definition) is 2. The number of anilines is 2. The van der Waals surface area contributed by atoms with Crippen LogP contribution in [0.4, 0.5) is 11.4 Å². The van der Waals surface area contributed by atoms with Crippen LogP contribution in [0.15, 0.2) is 206 Å². The summed E-state index contributed by atoms with van der Waals surface area (Å²) < 4.78 is 40.9. The molecular formula is C55H39NS. The predicted octanol–water partition coefficient (Wildman–Crippen LogP) is 15.2. The van der Waals surface area contributed by atoms with Crippen molar-refractivity contribution in [2.45, 2.75) is 18.9 Å². The lowest BCUT2D eigenvalue weighted by atomic mass is 9.74. The maximum Gasteiger partial charge on any atom is 0.0645 e. The minimum Gasteiger partial charge on any atom is -0.337 e. The maximum absolute atomic E-state index is 9.70. The van der Waals surface area contributed by atoms with Gasteiger partial charge in [0.1, 0.15) is 0 Å². The molecule has 0 aliphatic heterocycles. The fraction of sp³-hybridized carbons (Fsp3) is 0.0545. The van der Waals surface area contributed by atoms with E-state index in [1.807, 2.05) is 59.5 Å². The highest BCUT2D eigenvalue weighted by atomic mass is 32.1. The summed E-state index contributed by atoms with van der Waals surface area (Å²) in [6.45, 7) is 2.62. The minimum atomic E-state index is -0.400. The lowest BCUT2D eigenvalue weighted by Gasteiger charge is -2.30. The second-order valence-corrected chi connectivity index (χ2v) is 16.2. The smallest absolute Gasteiger partial charge is 0.0645 e. The van der Waals surface area contributed by atoms with E-state index in [1.165, 1.54) is 48.0 Å². The Kier molecular flexibility index (Phi) is 6.98. The molecule has 1 aliphatic carbocycles. The molecule has 0 bridgehead atoms. The Morgan fingerprint density at radius 3 is 2.05 bits per heavy atom. The summed E-state index contributed by atoms with van der Waals surface area (Å²) >= 11 is 1.80. The van der Waals surface area contributed by atoms with E-state index in [1.54, 1.807) is 11.3 Å². The van der Waals surface area contributed by atoms with Gasteiger partial charge in [-0.15, -0.1) is 11.3 Å². The molecule has 0 radical (unpaired) electrons. The van der Waals surface area contributed by atoms with Crippen molar-refractivity contribution in [3.05, 3.63) is 228 Å². The van der Waals surface area contributed by atoms with E-state index in [4.69, 9.17) is 0 Å². The number of benzene rings is 9. The molecule has 9 aromatic carbocycles. The summed E-state index contributed by atoms with van der Waals surface area (Å²) in [5.74, 6) is 0. The van der Waals surface area contributed by atoms with E-state index in [0.717, 1.165) is 33.2 Å². The molecule has 1 nitrogen and oxygen atoms in total. The zero-order chi connectivity index (χ0) is 41.4. The van der Waals surface area contributed by atoms with Crippen molar-refractivity contribution in [2.24, 2.45) is 0 Å². The Morgan fingerprint density at radius 1 is 0.474 bits per heavy atom.